The zero-order valence-corrected chi connectivity index (χ0v) is 8.97. The van der Waals surface area contributed by atoms with Crippen LogP contribution in [0, 0.1) is 17.6 Å². The molecule has 3 unspecified atom stereocenters. The van der Waals surface area contributed by atoms with Gasteiger partial charge in [-0.2, -0.15) is 0 Å². The molecule has 4 heteroatoms. The lowest BCUT2D eigenvalue weighted by atomic mass is 10.0. The van der Waals surface area contributed by atoms with Gasteiger partial charge in [-0.05, 0) is 18.7 Å². The fourth-order valence-electron chi connectivity index (χ4n) is 2.67. The van der Waals surface area contributed by atoms with Gasteiger partial charge >= 0.3 is 0 Å². The average molecular weight is 225 g/mol. The van der Waals surface area contributed by atoms with Crippen molar-refractivity contribution in [1.82, 2.24) is 5.32 Å². The van der Waals surface area contributed by atoms with Gasteiger partial charge in [0.1, 0.15) is 5.82 Å². The second-order valence-electron chi connectivity index (χ2n) is 4.36. The third kappa shape index (κ3) is 1.26. The summed E-state index contributed by atoms with van der Waals surface area (Å²) in [5, 5.41) is 3.28. The maximum absolute atomic E-state index is 13.7. The molecule has 2 nitrogen and oxygen atoms in total. The first-order valence-electron chi connectivity index (χ1n) is 5.58. The number of hydrogen-bond donors (Lipinski definition) is 1. The van der Waals surface area contributed by atoms with Crippen LogP contribution in [0.5, 0.6) is 5.75 Å². The molecule has 3 atom stereocenters. The maximum Gasteiger partial charge on any atom is 0.165 e. The Morgan fingerprint density at radius 2 is 2.12 bits per heavy atom. The van der Waals surface area contributed by atoms with Gasteiger partial charge in [-0.15, -0.1) is 0 Å². The normalized spacial score (nSPS) is 30.3. The van der Waals surface area contributed by atoms with Gasteiger partial charge in [0, 0.05) is 23.4 Å². The highest BCUT2D eigenvalue weighted by Gasteiger charge is 2.56. The first-order chi connectivity index (χ1) is 7.74. The molecular formula is C12H13F2NO. The quantitative estimate of drug-likeness (QED) is 0.831. The summed E-state index contributed by atoms with van der Waals surface area (Å²) < 4.78 is 32.4. The first-order valence-corrected chi connectivity index (χ1v) is 5.58. The molecule has 2 aliphatic rings. The van der Waals surface area contributed by atoms with E-state index in [1.54, 1.807) is 0 Å². The third-order valence-corrected chi connectivity index (χ3v) is 3.46. The Morgan fingerprint density at radius 1 is 1.38 bits per heavy atom. The van der Waals surface area contributed by atoms with Crippen LogP contribution in [0.1, 0.15) is 18.4 Å². The van der Waals surface area contributed by atoms with Crippen molar-refractivity contribution in [2.75, 3.05) is 13.2 Å². The van der Waals surface area contributed by atoms with Gasteiger partial charge in [0.25, 0.3) is 0 Å². The number of nitrogens with one attached hydrogen (secondary N) is 1. The lowest BCUT2D eigenvalue weighted by Crippen LogP contribution is -2.18. The topological polar surface area (TPSA) is 21.3 Å². The van der Waals surface area contributed by atoms with Gasteiger partial charge in [-0.25, -0.2) is 8.78 Å². The summed E-state index contributed by atoms with van der Waals surface area (Å²) in [5.41, 5.74) is 0.419. The van der Waals surface area contributed by atoms with E-state index in [9.17, 15) is 8.78 Å². The molecule has 1 saturated carbocycles. The van der Waals surface area contributed by atoms with Gasteiger partial charge in [-0.3, -0.25) is 0 Å². The van der Waals surface area contributed by atoms with Crippen molar-refractivity contribution >= 4 is 0 Å². The number of rotatable bonds is 2. The van der Waals surface area contributed by atoms with Crippen LogP contribution < -0.4 is 10.1 Å². The summed E-state index contributed by atoms with van der Waals surface area (Å²) in [5.74, 6) is -0.326. The van der Waals surface area contributed by atoms with E-state index in [1.165, 1.54) is 6.07 Å². The summed E-state index contributed by atoms with van der Waals surface area (Å²) >= 11 is 0. The van der Waals surface area contributed by atoms with E-state index in [4.69, 9.17) is 4.74 Å². The van der Waals surface area contributed by atoms with Crippen LogP contribution in [0.4, 0.5) is 8.78 Å². The van der Waals surface area contributed by atoms with Gasteiger partial charge in [0.2, 0.25) is 0 Å². The van der Waals surface area contributed by atoms with Crippen LogP contribution in [0.25, 0.3) is 0 Å². The summed E-state index contributed by atoms with van der Waals surface area (Å²) in [6, 6.07) is 2.54. The number of hydrogen-bond acceptors (Lipinski definition) is 2. The third-order valence-electron chi connectivity index (χ3n) is 3.46. The Morgan fingerprint density at radius 3 is 2.88 bits per heavy atom. The fraction of sp³-hybridized carbons (Fsp3) is 0.500. The predicted molar refractivity (Wildman–Crippen MR) is 55.5 cm³/mol. The second kappa shape index (κ2) is 3.42. The molecule has 3 rings (SSSR count). The summed E-state index contributed by atoms with van der Waals surface area (Å²) in [6.45, 7) is 3.33. The molecular weight excluding hydrogens is 212 g/mol. The van der Waals surface area contributed by atoms with Crippen molar-refractivity contribution in [3.8, 4) is 5.75 Å². The Hall–Kier alpha value is -1.16. The average Bonchev–Trinajstić information content (AvgIpc) is 2.98. The minimum atomic E-state index is -0.461. The summed E-state index contributed by atoms with van der Waals surface area (Å²) in [6.07, 6.45) is 0. The molecule has 0 saturated heterocycles. The molecule has 0 amide bonds. The molecule has 1 heterocycles. The highest BCUT2D eigenvalue weighted by atomic mass is 19.1. The molecule has 1 N–H and O–H groups in total. The second-order valence-corrected chi connectivity index (χ2v) is 4.36. The van der Waals surface area contributed by atoms with Crippen LogP contribution in [0.15, 0.2) is 12.1 Å². The minimum Gasteiger partial charge on any atom is -0.490 e. The van der Waals surface area contributed by atoms with E-state index in [2.05, 4.69) is 5.32 Å². The molecule has 0 bridgehead atoms. The van der Waals surface area contributed by atoms with Crippen LogP contribution in [-0.4, -0.2) is 19.2 Å². The van der Waals surface area contributed by atoms with E-state index < -0.39 is 5.82 Å². The monoisotopic (exact) mass is 225 g/mol. The Bertz CT molecular complexity index is 435. The highest BCUT2D eigenvalue weighted by molar-refractivity contribution is 5.46. The summed E-state index contributed by atoms with van der Waals surface area (Å²) in [4.78, 5) is 0. The van der Waals surface area contributed by atoms with E-state index in [-0.39, 0.29) is 23.5 Å². The Kier molecular flexibility index (Phi) is 2.14. The number of likely N-dealkylation sites (N-methyl/N-ethyl adjacent to an activating group) is 1. The molecule has 16 heavy (non-hydrogen) atoms. The molecule has 0 spiro atoms. The SMILES string of the molecule is CCNC1C2COc3c(F)ccc(F)c3C21. The van der Waals surface area contributed by atoms with Gasteiger partial charge < -0.3 is 10.1 Å². The Labute approximate surface area is 92.6 Å². The number of halogens is 2. The highest BCUT2D eigenvalue weighted by Crippen LogP contribution is 2.55. The maximum atomic E-state index is 13.7. The minimum absolute atomic E-state index is 0.0828. The van der Waals surface area contributed by atoms with Gasteiger partial charge in [-0.1, -0.05) is 6.92 Å². The van der Waals surface area contributed by atoms with Crippen molar-refractivity contribution in [3.63, 3.8) is 0 Å². The van der Waals surface area contributed by atoms with Gasteiger partial charge in [0.15, 0.2) is 11.6 Å². The van der Waals surface area contributed by atoms with Crippen LogP contribution >= 0.6 is 0 Å². The lowest BCUT2D eigenvalue weighted by Gasteiger charge is -2.16. The van der Waals surface area contributed by atoms with Crippen molar-refractivity contribution < 1.29 is 13.5 Å². The molecule has 86 valence electrons. The smallest absolute Gasteiger partial charge is 0.165 e. The van der Waals surface area contributed by atoms with Crippen LogP contribution in [0.3, 0.4) is 0 Å². The number of benzene rings is 1. The largest absolute Gasteiger partial charge is 0.490 e. The van der Waals surface area contributed by atoms with Crippen LogP contribution in [-0.2, 0) is 0 Å². The molecule has 0 radical (unpaired) electrons. The van der Waals surface area contributed by atoms with Crippen molar-refractivity contribution in [3.05, 3.63) is 29.3 Å². The van der Waals surface area contributed by atoms with Gasteiger partial charge in [0.05, 0.1) is 6.61 Å². The molecule has 1 aliphatic carbocycles. The van der Waals surface area contributed by atoms with E-state index in [0.29, 0.717) is 18.1 Å². The molecule has 1 aromatic carbocycles. The zero-order valence-electron chi connectivity index (χ0n) is 8.97. The first kappa shape index (κ1) is 10.0. The van der Waals surface area contributed by atoms with E-state index in [0.717, 1.165) is 12.6 Å². The van der Waals surface area contributed by atoms with Crippen LogP contribution in [0.2, 0.25) is 0 Å². The van der Waals surface area contributed by atoms with E-state index >= 15 is 0 Å². The fourth-order valence-corrected chi connectivity index (χ4v) is 2.67. The number of fused-ring (bicyclic) bond motifs is 3. The van der Waals surface area contributed by atoms with Crippen molar-refractivity contribution in [2.24, 2.45) is 5.92 Å². The zero-order chi connectivity index (χ0) is 11.3. The van der Waals surface area contributed by atoms with Crippen molar-refractivity contribution in [1.29, 1.82) is 0 Å². The number of ether oxygens (including phenoxy) is 1. The Balaban J connectivity index is 2.01. The molecule has 1 fully saturated rings. The standard InChI is InChI=1S/C12H13F2NO/c1-2-15-11-6-5-16-12-8(14)4-3-7(13)10(12)9(6)11/h3-4,6,9,11,15H,2,5H2,1H3. The van der Waals surface area contributed by atoms with E-state index in [1.807, 2.05) is 6.92 Å². The van der Waals surface area contributed by atoms with Crippen molar-refractivity contribution in [2.45, 2.75) is 18.9 Å². The lowest BCUT2D eigenvalue weighted by molar-refractivity contribution is 0.259. The molecule has 1 aliphatic heterocycles. The molecule has 1 aromatic rings. The molecule has 0 aromatic heterocycles. The summed E-state index contributed by atoms with van der Waals surface area (Å²) in [7, 11) is 0. The predicted octanol–water partition coefficient (Wildman–Crippen LogP) is 2.05.